The molecule has 0 aliphatic rings. The molecule has 0 amide bonds. The van der Waals surface area contributed by atoms with Crippen LogP contribution in [0.3, 0.4) is 0 Å². The van der Waals surface area contributed by atoms with Gasteiger partial charge in [-0.1, -0.05) is 18.2 Å². The molecule has 0 fully saturated rings. The van der Waals surface area contributed by atoms with Gasteiger partial charge >= 0.3 is 0 Å². The van der Waals surface area contributed by atoms with Crippen molar-refractivity contribution in [2.45, 2.75) is 6.92 Å². The van der Waals surface area contributed by atoms with Crippen molar-refractivity contribution in [3.8, 4) is 6.07 Å². The molecule has 0 unspecified atom stereocenters. The lowest BCUT2D eigenvalue weighted by Gasteiger charge is -1.97. The van der Waals surface area contributed by atoms with Gasteiger partial charge in [0.2, 0.25) is 0 Å². The van der Waals surface area contributed by atoms with Crippen LogP contribution in [0.4, 0.5) is 5.69 Å². The van der Waals surface area contributed by atoms with E-state index < -0.39 is 0 Å². The van der Waals surface area contributed by atoms with Crippen LogP contribution in [-0.2, 0) is 0 Å². The zero-order chi connectivity index (χ0) is 8.81. The van der Waals surface area contributed by atoms with Gasteiger partial charge in [-0.2, -0.15) is 10.4 Å². The molecule has 1 aromatic rings. The van der Waals surface area contributed by atoms with E-state index in [0.717, 1.165) is 5.69 Å². The molecule has 0 heterocycles. The van der Waals surface area contributed by atoms with Crippen LogP contribution in [0.1, 0.15) is 6.92 Å². The molecule has 0 radical (unpaired) electrons. The SMILES string of the molecule is CC(C#N)=NNc1ccccc1. The van der Waals surface area contributed by atoms with Gasteiger partial charge in [-0.3, -0.25) is 5.43 Å². The summed E-state index contributed by atoms with van der Waals surface area (Å²) in [4.78, 5) is 0. The first-order valence-corrected chi connectivity index (χ1v) is 3.58. The first-order chi connectivity index (χ1) is 5.83. The maximum Gasteiger partial charge on any atom is 0.134 e. The number of para-hydroxylation sites is 1. The van der Waals surface area contributed by atoms with Gasteiger partial charge in [-0.05, 0) is 19.1 Å². The maximum atomic E-state index is 8.39. The molecule has 3 heteroatoms. The predicted molar refractivity (Wildman–Crippen MR) is 48.8 cm³/mol. The molecule has 12 heavy (non-hydrogen) atoms. The minimum Gasteiger partial charge on any atom is -0.278 e. The lowest BCUT2D eigenvalue weighted by molar-refractivity contribution is 1.33. The Kier molecular flexibility index (Phi) is 2.86. The fourth-order valence-electron chi connectivity index (χ4n) is 0.686. The lowest BCUT2D eigenvalue weighted by Crippen LogP contribution is -1.93. The number of nitrogens with zero attached hydrogens (tertiary/aromatic N) is 2. The zero-order valence-corrected chi connectivity index (χ0v) is 6.78. The second kappa shape index (κ2) is 4.14. The largest absolute Gasteiger partial charge is 0.278 e. The van der Waals surface area contributed by atoms with Gasteiger partial charge in [0, 0.05) is 0 Å². The molecular weight excluding hydrogens is 150 g/mol. The second-order valence-corrected chi connectivity index (χ2v) is 2.29. The Morgan fingerprint density at radius 2 is 2.08 bits per heavy atom. The molecule has 3 nitrogen and oxygen atoms in total. The Labute approximate surface area is 71.3 Å². The highest BCUT2D eigenvalue weighted by molar-refractivity contribution is 5.96. The topological polar surface area (TPSA) is 48.2 Å². The lowest BCUT2D eigenvalue weighted by atomic mass is 10.3. The molecule has 0 aromatic heterocycles. The molecule has 0 saturated heterocycles. The van der Waals surface area contributed by atoms with Crippen molar-refractivity contribution in [1.29, 1.82) is 5.26 Å². The van der Waals surface area contributed by atoms with Gasteiger partial charge in [0.25, 0.3) is 0 Å². The summed E-state index contributed by atoms with van der Waals surface area (Å²) < 4.78 is 0. The number of benzene rings is 1. The number of anilines is 1. The van der Waals surface area contributed by atoms with E-state index in [1.807, 2.05) is 36.4 Å². The predicted octanol–water partition coefficient (Wildman–Crippen LogP) is 2.00. The van der Waals surface area contributed by atoms with E-state index in [0.29, 0.717) is 5.71 Å². The van der Waals surface area contributed by atoms with Crippen molar-refractivity contribution >= 4 is 11.4 Å². The van der Waals surface area contributed by atoms with E-state index in [4.69, 9.17) is 5.26 Å². The van der Waals surface area contributed by atoms with E-state index >= 15 is 0 Å². The second-order valence-electron chi connectivity index (χ2n) is 2.29. The summed E-state index contributed by atoms with van der Waals surface area (Å²) in [6.45, 7) is 1.65. The normalized spacial score (nSPS) is 10.5. The molecule has 1 aromatic carbocycles. The molecular formula is C9H9N3. The van der Waals surface area contributed by atoms with Crippen LogP contribution in [0.15, 0.2) is 35.4 Å². The van der Waals surface area contributed by atoms with Crippen LogP contribution in [0.2, 0.25) is 0 Å². The zero-order valence-electron chi connectivity index (χ0n) is 6.78. The van der Waals surface area contributed by atoms with Crippen molar-refractivity contribution in [2.24, 2.45) is 5.10 Å². The van der Waals surface area contributed by atoms with Crippen LogP contribution in [0, 0.1) is 11.3 Å². The van der Waals surface area contributed by atoms with Crippen LogP contribution < -0.4 is 5.43 Å². The number of hydrogen-bond donors (Lipinski definition) is 1. The summed E-state index contributed by atoms with van der Waals surface area (Å²) in [6, 6.07) is 11.4. The number of hydrazone groups is 1. The van der Waals surface area contributed by atoms with E-state index in [1.54, 1.807) is 6.92 Å². The minimum atomic E-state index is 0.416. The highest BCUT2D eigenvalue weighted by Gasteiger charge is 1.86. The van der Waals surface area contributed by atoms with E-state index in [-0.39, 0.29) is 0 Å². The fourth-order valence-corrected chi connectivity index (χ4v) is 0.686. The maximum absolute atomic E-state index is 8.39. The average molecular weight is 159 g/mol. The summed E-state index contributed by atoms with van der Waals surface area (Å²) >= 11 is 0. The average Bonchev–Trinajstić information content (AvgIpc) is 2.16. The van der Waals surface area contributed by atoms with Gasteiger partial charge in [-0.25, -0.2) is 0 Å². The van der Waals surface area contributed by atoms with E-state index in [2.05, 4.69) is 10.5 Å². The quantitative estimate of drug-likeness (QED) is 0.530. The van der Waals surface area contributed by atoms with Crippen LogP contribution in [0.5, 0.6) is 0 Å². The summed E-state index contributed by atoms with van der Waals surface area (Å²) in [5.74, 6) is 0. The highest BCUT2D eigenvalue weighted by atomic mass is 15.3. The molecule has 1 rings (SSSR count). The van der Waals surface area contributed by atoms with Crippen LogP contribution >= 0.6 is 0 Å². The van der Waals surface area contributed by atoms with Crippen molar-refractivity contribution in [2.75, 3.05) is 5.43 Å². The van der Waals surface area contributed by atoms with Gasteiger partial charge in [0.15, 0.2) is 0 Å². The molecule has 1 N–H and O–H groups in total. The van der Waals surface area contributed by atoms with Crippen molar-refractivity contribution in [3.63, 3.8) is 0 Å². The Hall–Kier alpha value is -1.82. The van der Waals surface area contributed by atoms with Crippen molar-refractivity contribution < 1.29 is 0 Å². The fraction of sp³-hybridized carbons (Fsp3) is 0.111. The number of rotatable bonds is 2. The molecule has 0 aliphatic heterocycles. The van der Waals surface area contributed by atoms with Crippen molar-refractivity contribution in [1.82, 2.24) is 0 Å². The van der Waals surface area contributed by atoms with Gasteiger partial charge in [-0.15, -0.1) is 0 Å². The summed E-state index contributed by atoms with van der Waals surface area (Å²) in [7, 11) is 0. The Morgan fingerprint density at radius 1 is 1.42 bits per heavy atom. The summed E-state index contributed by atoms with van der Waals surface area (Å²) in [5, 5.41) is 12.2. The molecule has 0 aliphatic carbocycles. The summed E-state index contributed by atoms with van der Waals surface area (Å²) in [5.41, 5.74) is 4.06. The Balaban J connectivity index is 2.61. The first kappa shape index (κ1) is 8.28. The third-order valence-electron chi connectivity index (χ3n) is 1.29. The third-order valence-corrected chi connectivity index (χ3v) is 1.29. The molecule has 0 saturated carbocycles. The number of nitrogens with one attached hydrogen (secondary N) is 1. The van der Waals surface area contributed by atoms with E-state index in [1.165, 1.54) is 0 Å². The number of nitriles is 1. The van der Waals surface area contributed by atoms with Crippen molar-refractivity contribution in [3.05, 3.63) is 30.3 Å². The molecule has 0 bridgehead atoms. The minimum absolute atomic E-state index is 0.416. The van der Waals surface area contributed by atoms with Gasteiger partial charge in [0.05, 0.1) is 5.69 Å². The highest BCUT2D eigenvalue weighted by Crippen LogP contribution is 2.03. The smallest absolute Gasteiger partial charge is 0.134 e. The Morgan fingerprint density at radius 3 is 2.67 bits per heavy atom. The van der Waals surface area contributed by atoms with Crippen LogP contribution in [0.25, 0.3) is 0 Å². The third kappa shape index (κ3) is 2.43. The molecule has 0 spiro atoms. The molecule has 60 valence electrons. The number of hydrogen-bond acceptors (Lipinski definition) is 3. The van der Waals surface area contributed by atoms with Gasteiger partial charge in [0.1, 0.15) is 11.8 Å². The monoisotopic (exact) mass is 159 g/mol. The Bertz CT molecular complexity index is 308. The van der Waals surface area contributed by atoms with E-state index in [9.17, 15) is 0 Å². The molecule has 0 atom stereocenters. The van der Waals surface area contributed by atoms with Crippen LogP contribution in [-0.4, -0.2) is 5.71 Å². The van der Waals surface area contributed by atoms with Gasteiger partial charge < -0.3 is 0 Å². The standard InChI is InChI=1S/C9H9N3/c1-8(7-10)11-12-9-5-3-2-4-6-9/h2-6,12H,1H3. The summed E-state index contributed by atoms with van der Waals surface area (Å²) in [6.07, 6.45) is 0. The first-order valence-electron chi connectivity index (χ1n) is 3.58.